The zero-order chi connectivity index (χ0) is 13.9. The third-order valence-corrected chi connectivity index (χ3v) is 4.79. The number of nitrogens with zero attached hydrogens (tertiary/aromatic N) is 1. The Morgan fingerprint density at radius 2 is 2.30 bits per heavy atom. The van der Waals surface area contributed by atoms with E-state index in [2.05, 4.69) is 12.2 Å². The zero-order valence-corrected chi connectivity index (χ0v) is 12.3. The summed E-state index contributed by atoms with van der Waals surface area (Å²) < 4.78 is 11.7. The molecule has 0 radical (unpaired) electrons. The Morgan fingerprint density at radius 1 is 1.40 bits per heavy atom. The van der Waals surface area contributed by atoms with E-state index in [-0.39, 0.29) is 24.2 Å². The molecule has 3 rings (SSSR count). The van der Waals surface area contributed by atoms with Gasteiger partial charge in [-0.25, -0.2) is 0 Å². The Bertz CT molecular complexity index is 382. The molecule has 1 heterocycles. The van der Waals surface area contributed by atoms with Gasteiger partial charge in [-0.05, 0) is 38.5 Å². The third kappa shape index (κ3) is 2.77. The van der Waals surface area contributed by atoms with Crippen molar-refractivity contribution >= 4 is 5.91 Å². The Labute approximate surface area is 121 Å². The van der Waals surface area contributed by atoms with E-state index in [0.29, 0.717) is 25.6 Å². The summed E-state index contributed by atoms with van der Waals surface area (Å²) in [4.78, 5) is 14.7. The molecule has 0 spiro atoms. The first-order chi connectivity index (χ1) is 9.79. The number of carbonyl (C=O) groups excluding carboxylic acids is 1. The topological polar surface area (TPSA) is 38.8 Å². The molecule has 4 heteroatoms. The van der Waals surface area contributed by atoms with Crippen molar-refractivity contribution in [2.24, 2.45) is 5.92 Å². The maximum Gasteiger partial charge on any atom is 0.223 e. The largest absolute Gasteiger partial charge is 0.374 e. The van der Waals surface area contributed by atoms with E-state index in [1.54, 1.807) is 0 Å². The lowest BCUT2D eigenvalue weighted by molar-refractivity contribution is -0.136. The second-order valence-corrected chi connectivity index (χ2v) is 6.03. The molecule has 112 valence electrons. The molecule has 0 unspecified atom stereocenters. The van der Waals surface area contributed by atoms with Crippen LogP contribution in [0.1, 0.15) is 39.0 Å². The molecule has 1 amide bonds. The summed E-state index contributed by atoms with van der Waals surface area (Å²) in [6.45, 7) is 4.07. The van der Waals surface area contributed by atoms with Crippen LogP contribution in [0.25, 0.3) is 0 Å². The molecule has 0 aromatic rings. The third-order valence-electron chi connectivity index (χ3n) is 4.79. The minimum absolute atomic E-state index is 0.0746. The van der Waals surface area contributed by atoms with Crippen LogP contribution >= 0.6 is 0 Å². The van der Waals surface area contributed by atoms with Crippen molar-refractivity contribution in [2.75, 3.05) is 19.8 Å². The van der Waals surface area contributed by atoms with Crippen molar-refractivity contribution in [3.8, 4) is 0 Å². The van der Waals surface area contributed by atoms with Gasteiger partial charge in [0.25, 0.3) is 0 Å². The van der Waals surface area contributed by atoms with Crippen LogP contribution in [0.5, 0.6) is 0 Å². The summed E-state index contributed by atoms with van der Waals surface area (Å²) in [6, 6.07) is 0.223. The van der Waals surface area contributed by atoms with Gasteiger partial charge in [-0.1, -0.05) is 12.2 Å². The van der Waals surface area contributed by atoms with Gasteiger partial charge in [0.05, 0.1) is 18.8 Å². The molecule has 3 aliphatic rings. The number of allylic oxidation sites excluding steroid dienone is 2. The lowest BCUT2D eigenvalue weighted by Gasteiger charge is -2.31. The van der Waals surface area contributed by atoms with E-state index in [1.807, 2.05) is 11.8 Å². The first-order valence-electron chi connectivity index (χ1n) is 7.99. The van der Waals surface area contributed by atoms with E-state index in [1.165, 1.54) is 0 Å². The van der Waals surface area contributed by atoms with Gasteiger partial charge in [0.2, 0.25) is 5.91 Å². The van der Waals surface area contributed by atoms with E-state index in [9.17, 15) is 4.79 Å². The standard InChI is InChI=1S/C16H25NO3/c1-2-19-16-13-7-8-14(16)20-10-9-17(13)15(18)11-12-5-3-4-6-12/h3,5,12-14,16H,2,4,6-11H2,1H3/t12-,13+,14+,16+/m0/s1. The summed E-state index contributed by atoms with van der Waals surface area (Å²) in [5, 5.41) is 0. The van der Waals surface area contributed by atoms with Crippen LogP contribution in [0.4, 0.5) is 0 Å². The van der Waals surface area contributed by atoms with Crippen molar-refractivity contribution in [1.29, 1.82) is 0 Å². The van der Waals surface area contributed by atoms with Crippen LogP contribution in [-0.4, -0.2) is 48.8 Å². The number of hydrogen-bond acceptors (Lipinski definition) is 3. The van der Waals surface area contributed by atoms with E-state index >= 15 is 0 Å². The van der Waals surface area contributed by atoms with E-state index in [0.717, 1.165) is 32.2 Å². The maximum absolute atomic E-state index is 12.6. The minimum atomic E-state index is 0.0746. The van der Waals surface area contributed by atoms with E-state index in [4.69, 9.17) is 9.47 Å². The highest BCUT2D eigenvalue weighted by Gasteiger charge is 2.44. The number of hydrogen-bond donors (Lipinski definition) is 0. The highest BCUT2D eigenvalue weighted by molar-refractivity contribution is 5.77. The van der Waals surface area contributed by atoms with E-state index < -0.39 is 0 Å². The first kappa shape index (κ1) is 14.1. The fourth-order valence-corrected chi connectivity index (χ4v) is 3.82. The highest BCUT2D eigenvalue weighted by Crippen LogP contribution is 2.33. The molecule has 2 fully saturated rings. The predicted octanol–water partition coefficient (Wildman–Crippen LogP) is 2.14. The molecule has 20 heavy (non-hydrogen) atoms. The molecule has 4 atom stereocenters. The van der Waals surface area contributed by atoms with Gasteiger partial charge in [0.15, 0.2) is 0 Å². The Hall–Kier alpha value is -0.870. The fourth-order valence-electron chi connectivity index (χ4n) is 3.82. The van der Waals surface area contributed by atoms with Gasteiger partial charge in [-0.3, -0.25) is 4.79 Å². The van der Waals surface area contributed by atoms with Crippen LogP contribution in [0.3, 0.4) is 0 Å². The lowest BCUT2D eigenvalue weighted by atomic mass is 10.0. The van der Waals surface area contributed by atoms with Crippen molar-refractivity contribution in [3.63, 3.8) is 0 Å². The number of rotatable bonds is 4. The van der Waals surface area contributed by atoms with Crippen LogP contribution in [0.2, 0.25) is 0 Å². The smallest absolute Gasteiger partial charge is 0.223 e. The molecule has 1 saturated carbocycles. The molecule has 0 aromatic carbocycles. The average Bonchev–Trinajstić information content (AvgIpc) is 2.99. The van der Waals surface area contributed by atoms with Gasteiger partial charge in [-0.15, -0.1) is 0 Å². The number of fused-ring (bicyclic) bond motifs is 2. The minimum Gasteiger partial charge on any atom is -0.374 e. The van der Waals surface area contributed by atoms with Crippen LogP contribution < -0.4 is 0 Å². The molecule has 0 N–H and O–H groups in total. The highest BCUT2D eigenvalue weighted by atomic mass is 16.5. The molecule has 0 aromatic heterocycles. The predicted molar refractivity (Wildman–Crippen MR) is 76.4 cm³/mol. The molecule has 1 aliphatic heterocycles. The van der Waals surface area contributed by atoms with Crippen LogP contribution in [0, 0.1) is 5.92 Å². The maximum atomic E-state index is 12.6. The molecule has 1 saturated heterocycles. The molecular formula is C16H25NO3. The van der Waals surface area contributed by atoms with Crippen molar-refractivity contribution in [2.45, 2.75) is 57.3 Å². The fraction of sp³-hybridized carbons (Fsp3) is 0.812. The summed E-state index contributed by atoms with van der Waals surface area (Å²) in [5.41, 5.74) is 0. The Morgan fingerprint density at radius 3 is 3.05 bits per heavy atom. The molecule has 2 bridgehead atoms. The number of ether oxygens (including phenoxy) is 2. The average molecular weight is 279 g/mol. The Balaban J connectivity index is 1.67. The van der Waals surface area contributed by atoms with Crippen LogP contribution in [0.15, 0.2) is 12.2 Å². The molecular weight excluding hydrogens is 254 g/mol. The lowest BCUT2D eigenvalue weighted by Crippen LogP contribution is -2.46. The van der Waals surface area contributed by atoms with Gasteiger partial charge < -0.3 is 14.4 Å². The Kier molecular flexibility index (Phi) is 4.41. The van der Waals surface area contributed by atoms with Crippen molar-refractivity contribution in [1.82, 2.24) is 4.90 Å². The zero-order valence-electron chi connectivity index (χ0n) is 12.3. The second kappa shape index (κ2) is 6.27. The van der Waals surface area contributed by atoms with Gasteiger partial charge in [-0.2, -0.15) is 0 Å². The second-order valence-electron chi connectivity index (χ2n) is 6.03. The van der Waals surface area contributed by atoms with Gasteiger partial charge in [0.1, 0.15) is 6.10 Å². The molecule has 2 aliphatic carbocycles. The SMILES string of the molecule is CCO[C@@H]1[C@H]2CC[C@H]1OCCN2C(=O)C[C@H]1C=CCC1. The molecule has 4 nitrogen and oxygen atoms in total. The van der Waals surface area contributed by atoms with Crippen LogP contribution in [-0.2, 0) is 14.3 Å². The van der Waals surface area contributed by atoms with Gasteiger partial charge in [0, 0.05) is 19.6 Å². The normalized spacial score (nSPS) is 36.4. The number of amides is 1. The summed E-state index contributed by atoms with van der Waals surface area (Å²) in [6.07, 6.45) is 9.57. The first-order valence-corrected chi connectivity index (χ1v) is 7.99. The van der Waals surface area contributed by atoms with Crippen molar-refractivity contribution in [3.05, 3.63) is 12.2 Å². The summed E-state index contributed by atoms with van der Waals surface area (Å²) in [5.74, 6) is 0.719. The van der Waals surface area contributed by atoms with Gasteiger partial charge >= 0.3 is 0 Å². The summed E-state index contributed by atoms with van der Waals surface area (Å²) in [7, 11) is 0. The quantitative estimate of drug-likeness (QED) is 0.740. The van der Waals surface area contributed by atoms with Crippen molar-refractivity contribution < 1.29 is 14.3 Å². The number of carbonyl (C=O) groups is 1. The monoisotopic (exact) mass is 279 g/mol. The summed E-state index contributed by atoms with van der Waals surface area (Å²) >= 11 is 0.